The summed E-state index contributed by atoms with van der Waals surface area (Å²) in [4.78, 5) is 18.9. The molecule has 7 heteroatoms. The Balaban J connectivity index is 1.59. The van der Waals surface area contributed by atoms with Crippen molar-refractivity contribution >= 4 is 0 Å². The van der Waals surface area contributed by atoms with Crippen molar-refractivity contribution in [2.75, 3.05) is 6.54 Å². The minimum absolute atomic E-state index is 0.135. The van der Waals surface area contributed by atoms with E-state index in [1.807, 2.05) is 11.0 Å². The lowest BCUT2D eigenvalue weighted by molar-refractivity contribution is 0.243. The van der Waals surface area contributed by atoms with Crippen molar-refractivity contribution < 1.29 is 8.78 Å². The van der Waals surface area contributed by atoms with Gasteiger partial charge in [-0.2, -0.15) is 0 Å². The summed E-state index contributed by atoms with van der Waals surface area (Å²) in [5.41, 5.74) is 1.98. The zero-order chi connectivity index (χ0) is 17.4. The SMILES string of the molecule is O=c1c2c([nH]n1-c1ccccn1)CCN(Cc1cc(F)cc(F)c1)C2. The largest absolute Gasteiger partial charge is 0.294 e. The molecular formula is C18H16F2N4O. The van der Waals surface area contributed by atoms with Gasteiger partial charge in [-0.15, -0.1) is 0 Å². The second-order valence-corrected chi connectivity index (χ2v) is 6.14. The summed E-state index contributed by atoms with van der Waals surface area (Å²) in [6.07, 6.45) is 2.30. The van der Waals surface area contributed by atoms with Gasteiger partial charge in [0, 0.05) is 44.0 Å². The van der Waals surface area contributed by atoms with Gasteiger partial charge in [-0.25, -0.2) is 18.4 Å². The summed E-state index contributed by atoms with van der Waals surface area (Å²) >= 11 is 0. The molecule has 3 aromatic rings. The van der Waals surface area contributed by atoms with Crippen LogP contribution >= 0.6 is 0 Å². The number of benzene rings is 1. The molecule has 0 radical (unpaired) electrons. The molecule has 0 fully saturated rings. The van der Waals surface area contributed by atoms with E-state index in [0.717, 1.165) is 11.8 Å². The van der Waals surface area contributed by atoms with Crippen LogP contribution in [0.3, 0.4) is 0 Å². The van der Waals surface area contributed by atoms with Crippen LogP contribution in [0.25, 0.3) is 5.82 Å². The molecule has 25 heavy (non-hydrogen) atoms. The average molecular weight is 342 g/mol. The van der Waals surface area contributed by atoms with E-state index in [2.05, 4.69) is 10.1 Å². The fourth-order valence-corrected chi connectivity index (χ4v) is 3.20. The number of H-pyrrole nitrogens is 1. The molecule has 1 aliphatic rings. The van der Waals surface area contributed by atoms with Gasteiger partial charge >= 0.3 is 0 Å². The van der Waals surface area contributed by atoms with Gasteiger partial charge in [-0.05, 0) is 29.8 Å². The number of halogens is 2. The molecule has 0 amide bonds. The summed E-state index contributed by atoms with van der Waals surface area (Å²) in [5, 5.41) is 3.12. The number of nitrogens with zero attached hydrogens (tertiary/aromatic N) is 3. The maximum Gasteiger partial charge on any atom is 0.277 e. The highest BCUT2D eigenvalue weighted by Crippen LogP contribution is 2.18. The Labute approximate surface area is 142 Å². The van der Waals surface area contributed by atoms with Gasteiger partial charge in [0.25, 0.3) is 5.56 Å². The zero-order valence-electron chi connectivity index (χ0n) is 13.4. The molecular weight excluding hydrogens is 326 g/mol. The standard InChI is InChI=1S/C18H16F2N4O/c19-13-7-12(8-14(20)9-13)10-23-6-4-16-15(11-23)18(25)24(22-16)17-3-1-2-5-21-17/h1-3,5,7-9,22H,4,6,10-11H2. The molecule has 0 spiro atoms. The van der Waals surface area contributed by atoms with E-state index < -0.39 is 11.6 Å². The molecule has 0 unspecified atom stereocenters. The second-order valence-electron chi connectivity index (χ2n) is 6.14. The van der Waals surface area contributed by atoms with E-state index >= 15 is 0 Å². The lowest BCUT2D eigenvalue weighted by Gasteiger charge is -2.25. The van der Waals surface area contributed by atoms with Crippen LogP contribution in [0.15, 0.2) is 47.4 Å². The molecule has 5 nitrogen and oxygen atoms in total. The lowest BCUT2D eigenvalue weighted by Crippen LogP contribution is -2.32. The van der Waals surface area contributed by atoms with Crippen LogP contribution in [0.4, 0.5) is 8.78 Å². The van der Waals surface area contributed by atoms with Gasteiger partial charge in [0.1, 0.15) is 11.6 Å². The van der Waals surface area contributed by atoms with Crippen molar-refractivity contribution in [2.45, 2.75) is 19.5 Å². The normalized spacial score (nSPS) is 14.5. The minimum Gasteiger partial charge on any atom is -0.294 e. The van der Waals surface area contributed by atoms with E-state index in [0.29, 0.717) is 43.0 Å². The van der Waals surface area contributed by atoms with Crippen molar-refractivity contribution in [1.29, 1.82) is 0 Å². The van der Waals surface area contributed by atoms with E-state index in [-0.39, 0.29) is 5.56 Å². The Morgan fingerprint density at radius 2 is 1.96 bits per heavy atom. The van der Waals surface area contributed by atoms with Gasteiger partial charge in [0.05, 0.1) is 5.56 Å². The molecule has 1 N–H and O–H groups in total. The molecule has 0 atom stereocenters. The number of fused-ring (bicyclic) bond motifs is 1. The van der Waals surface area contributed by atoms with Crippen LogP contribution in [0.5, 0.6) is 0 Å². The number of hydrogen-bond acceptors (Lipinski definition) is 3. The molecule has 0 aliphatic carbocycles. The lowest BCUT2D eigenvalue weighted by atomic mass is 10.1. The summed E-state index contributed by atoms with van der Waals surface area (Å²) in [6.45, 7) is 1.53. The number of nitrogens with one attached hydrogen (secondary N) is 1. The number of rotatable bonds is 3. The molecule has 0 saturated heterocycles. The third kappa shape index (κ3) is 3.10. The molecule has 0 saturated carbocycles. The third-order valence-corrected chi connectivity index (χ3v) is 4.34. The smallest absolute Gasteiger partial charge is 0.277 e. The summed E-state index contributed by atoms with van der Waals surface area (Å²) in [6, 6.07) is 8.87. The van der Waals surface area contributed by atoms with Crippen LogP contribution in [0.1, 0.15) is 16.8 Å². The maximum absolute atomic E-state index is 13.4. The molecule has 1 aliphatic heterocycles. The van der Waals surface area contributed by atoms with Gasteiger partial charge in [0.15, 0.2) is 5.82 Å². The predicted molar refractivity (Wildman–Crippen MR) is 88.4 cm³/mol. The van der Waals surface area contributed by atoms with Gasteiger partial charge in [0.2, 0.25) is 0 Å². The fraction of sp³-hybridized carbons (Fsp3) is 0.222. The van der Waals surface area contributed by atoms with Crippen molar-refractivity contribution in [2.24, 2.45) is 0 Å². The van der Waals surface area contributed by atoms with Gasteiger partial charge in [-0.3, -0.25) is 14.8 Å². The van der Waals surface area contributed by atoms with Crippen LogP contribution in [-0.4, -0.2) is 26.2 Å². The van der Waals surface area contributed by atoms with Gasteiger partial charge in [-0.1, -0.05) is 6.07 Å². The second kappa shape index (κ2) is 6.25. The summed E-state index contributed by atoms with van der Waals surface area (Å²) in [5.74, 6) is -0.639. The number of pyridine rings is 1. The average Bonchev–Trinajstić information content (AvgIpc) is 2.91. The molecule has 0 bridgehead atoms. The van der Waals surface area contributed by atoms with E-state index in [4.69, 9.17) is 0 Å². The van der Waals surface area contributed by atoms with Crippen LogP contribution in [0, 0.1) is 11.6 Å². The first kappa shape index (κ1) is 15.7. The third-order valence-electron chi connectivity index (χ3n) is 4.34. The molecule has 3 heterocycles. The van der Waals surface area contributed by atoms with E-state index in [9.17, 15) is 13.6 Å². The zero-order valence-corrected chi connectivity index (χ0v) is 13.4. The molecule has 4 rings (SSSR count). The maximum atomic E-state index is 13.4. The van der Waals surface area contributed by atoms with Crippen molar-refractivity contribution in [3.63, 3.8) is 0 Å². The van der Waals surface area contributed by atoms with Crippen molar-refractivity contribution in [3.8, 4) is 5.82 Å². The Morgan fingerprint density at radius 1 is 1.16 bits per heavy atom. The summed E-state index contributed by atoms with van der Waals surface area (Å²) in [7, 11) is 0. The quantitative estimate of drug-likeness (QED) is 0.795. The first-order chi connectivity index (χ1) is 12.1. The number of aromatic nitrogens is 3. The van der Waals surface area contributed by atoms with E-state index in [1.165, 1.54) is 16.8 Å². The van der Waals surface area contributed by atoms with Crippen LogP contribution < -0.4 is 5.56 Å². The molecule has 128 valence electrons. The fourth-order valence-electron chi connectivity index (χ4n) is 3.20. The minimum atomic E-state index is -0.591. The number of aromatic amines is 1. The molecule has 2 aromatic heterocycles. The number of hydrogen-bond donors (Lipinski definition) is 1. The van der Waals surface area contributed by atoms with Crippen LogP contribution in [-0.2, 0) is 19.5 Å². The van der Waals surface area contributed by atoms with Crippen LogP contribution in [0.2, 0.25) is 0 Å². The topological polar surface area (TPSA) is 53.9 Å². The summed E-state index contributed by atoms with van der Waals surface area (Å²) < 4.78 is 28.1. The Morgan fingerprint density at radius 3 is 2.68 bits per heavy atom. The Bertz CT molecular complexity index is 945. The molecule has 1 aromatic carbocycles. The van der Waals surface area contributed by atoms with Gasteiger partial charge < -0.3 is 0 Å². The van der Waals surface area contributed by atoms with Crippen molar-refractivity contribution in [3.05, 3.63) is 81.4 Å². The predicted octanol–water partition coefficient (Wildman–Crippen LogP) is 2.40. The Hall–Kier alpha value is -2.80. The first-order valence-corrected chi connectivity index (χ1v) is 8.01. The highest BCUT2D eigenvalue weighted by Gasteiger charge is 2.23. The Kier molecular flexibility index (Phi) is 3.93. The first-order valence-electron chi connectivity index (χ1n) is 8.01. The monoisotopic (exact) mass is 342 g/mol. The highest BCUT2D eigenvalue weighted by molar-refractivity contribution is 5.28. The van der Waals surface area contributed by atoms with E-state index in [1.54, 1.807) is 18.3 Å². The van der Waals surface area contributed by atoms with Crippen molar-refractivity contribution in [1.82, 2.24) is 19.7 Å². The highest BCUT2D eigenvalue weighted by atomic mass is 19.1.